The first-order chi connectivity index (χ1) is 7.94. The lowest BCUT2D eigenvalue weighted by atomic mass is 9.89. The molecular formula is C11H13F2NO3. The summed E-state index contributed by atoms with van der Waals surface area (Å²) in [4.78, 5) is 14.5. The highest BCUT2D eigenvalue weighted by atomic mass is 19.3. The molecule has 2 rings (SSSR count). The Morgan fingerprint density at radius 3 is 2.47 bits per heavy atom. The molecule has 0 aromatic carbocycles. The number of carboxylic acids is 1. The Morgan fingerprint density at radius 1 is 1.47 bits per heavy atom. The average molecular weight is 245 g/mol. The van der Waals surface area contributed by atoms with Gasteiger partial charge in [-0.3, -0.25) is 0 Å². The second kappa shape index (κ2) is 4.09. The largest absolute Gasteiger partial charge is 0.475 e. The normalized spacial score (nSPS) is 18.8. The molecule has 1 aliphatic carbocycles. The fourth-order valence-corrected chi connectivity index (χ4v) is 2.26. The second-order valence-corrected chi connectivity index (χ2v) is 4.61. The molecule has 1 saturated carbocycles. The molecule has 1 aromatic rings. The number of carboxylic acid groups (broad SMARTS) is 1. The van der Waals surface area contributed by atoms with E-state index in [4.69, 9.17) is 9.52 Å². The maximum atomic E-state index is 12.6. The van der Waals surface area contributed by atoms with E-state index in [0.717, 1.165) is 25.7 Å². The van der Waals surface area contributed by atoms with Crippen LogP contribution < -0.4 is 0 Å². The maximum absolute atomic E-state index is 12.6. The number of oxazole rings is 1. The van der Waals surface area contributed by atoms with Crippen molar-refractivity contribution in [1.29, 1.82) is 0 Å². The lowest BCUT2D eigenvalue weighted by Crippen LogP contribution is -2.17. The van der Waals surface area contributed by atoms with Crippen molar-refractivity contribution in [2.75, 3.05) is 0 Å². The fraction of sp³-hybridized carbons (Fsp3) is 0.636. The first-order valence-corrected chi connectivity index (χ1v) is 5.47. The highest BCUT2D eigenvalue weighted by Gasteiger charge is 2.38. The van der Waals surface area contributed by atoms with Crippen LogP contribution in [0.5, 0.6) is 0 Å². The van der Waals surface area contributed by atoms with Crippen LogP contribution in [-0.4, -0.2) is 16.1 Å². The zero-order valence-electron chi connectivity index (χ0n) is 9.37. The van der Waals surface area contributed by atoms with Gasteiger partial charge in [0.15, 0.2) is 5.69 Å². The number of aromatic nitrogens is 1. The minimum atomic E-state index is -2.93. The molecule has 94 valence electrons. The minimum absolute atomic E-state index is 0.128. The predicted molar refractivity (Wildman–Crippen MR) is 54.2 cm³/mol. The molecule has 0 saturated heterocycles. The van der Waals surface area contributed by atoms with Gasteiger partial charge in [0.05, 0.1) is 0 Å². The molecule has 4 nitrogen and oxygen atoms in total. The lowest BCUT2D eigenvalue weighted by molar-refractivity contribution is 0.0642. The van der Waals surface area contributed by atoms with Crippen LogP contribution in [0.2, 0.25) is 0 Å². The smallest absolute Gasteiger partial charge is 0.374 e. The van der Waals surface area contributed by atoms with Crippen LogP contribution in [0.4, 0.5) is 8.78 Å². The molecule has 1 aliphatic rings. The summed E-state index contributed by atoms with van der Waals surface area (Å²) in [7, 11) is 0. The quantitative estimate of drug-likeness (QED) is 0.888. The fourth-order valence-electron chi connectivity index (χ4n) is 2.26. The number of halogens is 2. The SMILES string of the molecule is CC1(c2nc(C(F)F)c(C(=O)O)o2)CCCC1. The molecule has 1 fully saturated rings. The molecule has 1 heterocycles. The van der Waals surface area contributed by atoms with Gasteiger partial charge in [-0.05, 0) is 12.8 Å². The summed E-state index contributed by atoms with van der Waals surface area (Å²) >= 11 is 0. The Morgan fingerprint density at radius 2 is 2.06 bits per heavy atom. The molecule has 0 amide bonds. The first kappa shape index (κ1) is 12.0. The van der Waals surface area contributed by atoms with E-state index in [0.29, 0.717) is 0 Å². The van der Waals surface area contributed by atoms with Crippen molar-refractivity contribution >= 4 is 5.97 Å². The zero-order valence-corrected chi connectivity index (χ0v) is 9.37. The van der Waals surface area contributed by atoms with E-state index < -0.39 is 29.3 Å². The van der Waals surface area contributed by atoms with Crippen molar-refractivity contribution in [3.63, 3.8) is 0 Å². The van der Waals surface area contributed by atoms with Crippen LogP contribution in [-0.2, 0) is 5.41 Å². The van der Waals surface area contributed by atoms with E-state index in [9.17, 15) is 13.6 Å². The topological polar surface area (TPSA) is 63.3 Å². The third kappa shape index (κ3) is 2.03. The van der Waals surface area contributed by atoms with Crippen molar-refractivity contribution in [1.82, 2.24) is 4.98 Å². The lowest BCUT2D eigenvalue weighted by Gasteiger charge is -2.18. The van der Waals surface area contributed by atoms with Gasteiger partial charge in [-0.1, -0.05) is 19.8 Å². The van der Waals surface area contributed by atoms with E-state index in [1.165, 1.54) is 0 Å². The summed E-state index contributed by atoms with van der Waals surface area (Å²) in [5.41, 5.74) is -1.17. The summed E-state index contributed by atoms with van der Waals surface area (Å²) in [6.45, 7) is 1.87. The van der Waals surface area contributed by atoms with Gasteiger partial charge < -0.3 is 9.52 Å². The number of rotatable bonds is 3. The van der Waals surface area contributed by atoms with Crippen molar-refractivity contribution < 1.29 is 23.1 Å². The van der Waals surface area contributed by atoms with Gasteiger partial charge in [-0.25, -0.2) is 18.6 Å². The molecule has 1 aromatic heterocycles. The molecule has 6 heteroatoms. The average Bonchev–Trinajstić information content (AvgIpc) is 2.83. The van der Waals surface area contributed by atoms with Gasteiger partial charge in [0, 0.05) is 5.41 Å². The Bertz CT molecular complexity index is 436. The van der Waals surface area contributed by atoms with E-state index >= 15 is 0 Å². The van der Waals surface area contributed by atoms with Gasteiger partial charge >= 0.3 is 5.97 Å². The number of alkyl halides is 2. The summed E-state index contributed by atoms with van der Waals surface area (Å²) in [6.07, 6.45) is 0.602. The Balaban J connectivity index is 2.43. The molecule has 0 radical (unpaired) electrons. The minimum Gasteiger partial charge on any atom is -0.475 e. The van der Waals surface area contributed by atoms with Gasteiger partial charge in [0.1, 0.15) is 0 Å². The van der Waals surface area contributed by atoms with Gasteiger partial charge in [0.2, 0.25) is 11.7 Å². The number of hydrogen-bond donors (Lipinski definition) is 1. The summed E-state index contributed by atoms with van der Waals surface area (Å²) in [5.74, 6) is -2.11. The predicted octanol–water partition coefficient (Wildman–Crippen LogP) is 3.14. The van der Waals surface area contributed by atoms with Gasteiger partial charge in [-0.2, -0.15) is 0 Å². The molecule has 0 unspecified atom stereocenters. The van der Waals surface area contributed by atoms with Crippen LogP contribution in [0.1, 0.15) is 61.2 Å². The molecule has 0 aliphatic heterocycles. The zero-order chi connectivity index (χ0) is 12.6. The van der Waals surface area contributed by atoms with E-state index in [1.807, 2.05) is 6.92 Å². The van der Waals surface area contributed by atoms with Crippen LogP contribution in [0.25, 0.3) is 0 Å². The van der Waals surface area contributed by atoms with Crippen molar-refractivity contribution in [2.45, 2.75) is 44.4 Å². The van der Waals surface area contributed by atoms with E-state index in [2.05, 4.69) is 4.98 Å². The first-order valence-electron chi connectivity index (χ1n) is 5.47. The monoisotopic (exact) mass is 245 g/mol. The highest BCUT2D eigenvalue weighted by molar-refractivity contribution is 5.85. The third-order valence-electron chi connectivity index (χ3n) is 3.28. The van der Waals surface area contributed by atoms with Crippen LogP contribution >= 0.6 is 0 Å². The van der Waals surface area contributed by atoms with E-state index in [-0.39, 0.29) is 5.89 Å². The van der Waals surface area contributed by atoms with Crippen molar-refractivity contribution in [3.8, 4) is 0 Å². The van der Waals surface area contributed by atoms with Crippen molar-refractivity contribution in [2.24, 2.45) is 0 Å². The number of nitrogens with zero attached hydrogens (tertiary/aromatic N) is 1. The second-order valence-electron chi connectivity index (χ2n) is 4.61. The molecule has 1 N–H and O–H groups in total. The van der Waals surface area contributed by atoms with Gasteiger partial charge in [0.25, 0.3) is 6.43 Å². The number of carbonyl (C=O) groups is 1. The summed E-state index contributed by atoms with van der Waals surface area (Å²) < 4.78 is 30.3. The van der Waals surface area contributed by atoms with Crippen LogP contribution in [0, 0.1) is 0 Å². The molecule has 0 bridgehead atoms. The van der Waals surface area contributed by atoms with Gasteiger partial charge in [-0.15, -0.1) is 0 Å². The van der Waals surface area contributed by atoms with Crippen LogP contribution in [0.3, 0.4) is 0 Å². The number of hydrogen-bond acceptors (Lipinski definition) is 3. The molecular weight excluding hydrogens is 232 g/mol. The highest BCUT2D eigenvalue weighted by Crippen LogP contribution is 2.41. The Labute approximate surface area is 96.6 Å². The van der Waals surface area contributed by atoms with Crippen LogP contribution in [0.15, 0.2) is 4.42 Å². The Hall–Kier alpha value is -1.46. The van der Waals surface area contributed by atoms with E-state index in [1.54, 1.807) is 0 Å². The molecule has 17 heavy (non-hydrogen) atoms. The maximum Gasteiger partial charge on any atom is 0.374 e. The third-order valence-corrected chi connectivity index (χ3v) is 3.28. The number of aromatic carboxylic acids is 1. The summed E-state index contributed by atoms with van der Waals surface area (Å²) in [5, 5.41) is 8.79. The Kier molecular flexibility index (Phi) is 2.89. The summed E-state index contributed by atoms with van der Waals surface area (Å²) in [6, 6.07) is 0. The van der Waals surface area contributed by atoms with Crippen molar-refractivity contribution in [3.05, 3.63) is 17.3 Å². The standard InChI is InChI=1S/C11H13F2NO3/c1-11(4-2-3-5-11)10-14-6(8(12)13)7(17-10)9(15)16/h8H,2-5H2,1H3,(H,15,16). The molecule has 0 atom stereocenters. The molecule has 0 spiro atoms.